The van der Waals surface area contributed by atoms with Crippen molar-refractivity contribution in [3.05, 3.63) is 23.8 Å². The highest BCUT2D eigenvalue weighted by Crippen LogP contribution is 2.34. The second-order valence-corrected chi connectivity index (χ2v) is 4.92. The van der Waals surface area contributed by atoms with Crippen LogP contribution in [0.4, 0.5) is 0 Å². The average Bonchev–Trinajstić information content (AvgIpc) is 3.08. The molecule has 96 valence electrons. The normalized spacial score (nSPS) is 23.7. The van der Waals surface area contributed by atoms with Crippen LogP contribution in [0, 0.1) is 6.92 Å². The smallest absolute Gasteiger partial charge is 0.238 e. The summed E-state index contributed by atoms with van der Waals surface area (Å²) in [5.41, 5.74) is 1.02. The Bertz CT molecular complexity index is 538. The van der Waals surface area contributed by atoms with Crippen LogP contribution in [-0.4, -0.2) is 23.2 Å². The van der Waals surface area contributed by atoms with Gasteiger partial charge in [-0.25, -0.2) is 0 Å². The zero-order chi connectivity index (χ0) is 12.6. The van der Waals surface area contributed by atoms with Gasteiger partial charge >= 0.3 is 0 Å². The van der Waals surface area contributed by atoms with E-state index in [0.29, 0.717) is 11.6 Å². The summed E-state index contributed by atoms with van der Waals surface area (Å²) in [5.74, 6) is 1.97. The van der Waals surface area contributed by atoms with Gasteiger partial charge in [0.15, 0.2) is 5.76 Å². The molecular weight excluding hydrogens is 230 g/mol. The number of hydrogen-bond donors (Lipinski definition) is 1. The van der Waals surface area contributed by atoms with Crippen LogP contribution in [0.3, 0.4) is 0 Å². The van der Waals surface area contributed by atoms with Crippen molar-refractivity contribution in [2.24, 2.45) is 0 Å². The minimum absolute atomic E-state index is 0.00819. The van der Waals surface area contributed by atoms with Crippen molar-refractivity contribution < 1.29 is 8.94 Å². The Kier molecular flexibility index (Phi) is 2.70. The Hall–Kier alpha value is -1.62. The zero-order valence-corrected chi connectivity index (χ0v) is 10.7. The van der Waals surface area contributed by atoms with E-state index in [1.54, 1.807) is 6.26 Å². The standard InChI is InChI=1S/C13H17N3O2/c1-3-13(5-6-14-8-13)12-15-11(16-18-12)10-9(2)4-7-17-10/h4,7,14H,3,5-6,8H2,1-2H3. The molecule has 0 spiro atoms. The fraction of sp³-hybridized carbons (Fsp3) is 0.538. The first-order valence-electron chi connectivity index (χ1n) is 6.34. The first kappa shape index (κ1) is 11.5. The molecule has 0 amide bonds. The van der Waals surface area contributed by atoms with Crippen molar-refractivity contribution in [3.8, 4) is 11.6 Å². The molecule has 3 rings (SSSR count). The van der Waals surface area contributed by atoms with E-state index in [9.17, 15) is 0 Å². The summed E-state index contributed by atoms with van der Waals surface area (Å²) in [6, 6.07) is 1.90. The molecule has 0 aliphatic carbocycles. The third-order valence-corrected chi connectivity index (χ3v) is 3.87. The second kappa shape index (κ2) is 4.24. The van der Waals surface area contributed by atoms with Crippen molar-refractivity contribution in [2.45, 2.75) is 32.1 Å². The predicted molar refractivity (Wildman–Crippen MR) is 66.2 cm³/mol. The number of aromatic nitrogens is 2. The van der Waals surface area contributed by atoms with Gasteiger partial charge in [0.1, 0.15) is 0 Å². The van der Waals surface area contributed by atoms with Crippen molar-refractivity contribution in [2.75, 3.05) is 13.1 Å². The highest BCUT2D eigenvalue weighted by molar-refractivity contribution is 5.51. The molecule has 1 saturated heterocycles. The molecule has 1 unspecified atom stereocenters. The molecule has 5 heteroatoms. The van der Waals surface area contributed by atoms with Crippen LogP contribution < -0.4 is 5.32 Å². The summed E-state index contributed by atoms with van der Waals surface area (Å²) in [4.78, 5) is 4.53. The first-order chi connectivity index (χ1) is 8.75. The summed E-state index contributed by atoms with van der Waals surface area (Å²) >= 11 is 0. The van der Waals surface area contributed by atoms with Gasteiger partial charge in [-0.15, -0.1) is 0 Å². The van der Waals surface area contributed by atoms with E-state index >= 15 is 0 Å². The fourth-order valence-electron chi connectivity index (χ4n) is 2.51. The number of nitrogens with zero attached hydrogens (tertiary/aromatic N) is 2. The van der Waals surface area contributed by atoms with Crippen LogP contribution in [0.15, 0.2) is 21.3 Å². The van der Waals surface area contributed by atoms with Crippen molar-refractivity contribution in [1.29, 1.82) is 0 Å². The highest BCUT2D eigenvalue weighted by Gasteiger charge is 2.39. The first-order valence-corrected chi connectivity index (χ1v) is 6.34. The molecule has 2 aromatic heterocycles. The Morgan fingerprint density at radius 2 is 2.39 bits per heavy atom. The molecule has 0 aromatic carbocycles. The molecule has 2 aromatic rings. The maximum atomic E-state index is 5.46. The monoisotopic (exact) mass is 247 g/mol. The topological polar surface area (TPSA) is 64.1 Å². The second-order valence-electron chi connectivity index (χ2n) is 4.92. The van der Waals surface area contributed by atoms with Gasteiger partial charge in [0.25, 0.3) is 0 Å². The number of nitrogens with one attached hydrogen (secondary N) is 1. The average molecular weight is 247 g/mol. The lowest BCUT2D eigenvalue weighted by atomic mass is 9.84. The molecule has 1 atom stereocenters. The molecule has 1 N–H and O–H groups in total. The fourth-order valence-corrected chi connectivity index (χ4v) is 2.51. The molecule has 3 heterocycles. The Labute approximate surface area is 106 Å². The molecule has 1 fully saturated rings. The third-order valence-electron chi connectivity index (χ3n) is 3.87. The largest absolute Gasteiger partial charge is 0.461 e. The minimum atomic E-state index is -0.00819. The van der Waals surface area contributed by atoms with Gasteiger partial charge in [0.05, 0.1) is 11.7 Å². The zero-order valence-electron chi connectivity index (χ0n) is 10.7. The van der Waals surface area contributed by atoms with Gasteiger partial charge < -0.3 is 14.3 Å². The number of hydrogen-bond acceptors (Lipinski definition) is 5. The van der Waals surface area contributed by atoms with E-state index in [0.717, 1.165) is 37.4 Å². The number of rotatable bonds is 3. The van der Waals surface area contributed by atoms with E-state index in [4.69, 9.17) is 8.94 Å². The SMILES string of the molecule is CCC1(c2nc(-c3occc3C)no2)CCNC1. The highest BCUT2D eigenvalue weighted by atomic mass is 16.5. The molecule has 18 heavy (non-hydrogen) atoms. The lowest BCUT2D eigenvalue weighted by Gasteiger charge is -2.20. The van der Waals surface area contributed by atoms with Crippen LogP contribution in [0.2, 0.25) is 0 Å². The van der Waals surface area contributed by atoms with Gasteiger partial charge in [-0.2, -0.15) is 4.98 Å². The molecule has 1 aliphatic rings. The van der Waals surface area contributed by atoms with Gasteiger partial charge in [0, 0.05) is 6.54 Å². The van der Waals surface area contributed by atoms with E-state index in [1.165, 1.54) is 0 Å². The third kappa shape index (κ3) is 1.66. The molecule has 0 saturated carbocycles. The van der Waals surface area contributed by atoms with Gasteiger partial charge in [0.2, 0.25) is 11.7 Å². The Balaban J connectivity index is 1.96. The van der Waals surface area contributed by atoms with Crippen LogP contribution in [-0.2, 0) is 5.41 Å². The summed E-state index contributed by atoms with van der Waals surface area (Å²) in [6.07, 6.45) is 3.69. The summed E-state index contributed by atoms with van der Waals surface area (Å²) in [5, 5.41) is 7.42. The minimum Gasteiger partial charge on any atom is -0.461 e. The van der Waals surface area contributed by atoms with Crippen molar-refractivity contribution in [3.63, 3.8) is 0 Å². The van der Waals surface area contributed by atoms with Crippen LogP contribution in [0.1, 0.15) is 31.2 Å². The maximum absolute atomic E-state index is 5.46. The predicted octanol–water partition coefficient (Wildman–Crippen LogP) is 2.28. The molecular formula is C13H17N3O2. The lowest BCUT2D eigenvalue weighted by molar-refractivity contribution is 0.285. The van der Waals surface area contributed by atoms with Crippen molar-refractivity contribution >= 4 is 0 Å². The maximum Gasteiger partial charge on any atom is 0.238 e. The molecule has 1 aliphatic heterocycles. The van der Waals surface area contributed by atoms with E-state index in [1.807, 2.05) is 13.0 Å². The Morgan fingerprint density at radius 1 is 1.50 bits per heavy atom. The van der Waals surface area contributed by atoms with Crippen LogP contribution in [0.25, 0.3) is 11.6 Å². The van der Waals surface area contributed by atoms with E-state index in [-0.39, 0.29) is 5.41 Å². The molecule has 0 radical (unpaired) electrons. The van der Waals surface area contributed by atoms with Crippen LogP contribution in [0.5, 0.6) is 0 Å². The van der Waals surface area contributed by atoms with Gasteiger partial charge in [-0.1, -0.05) is 12.1 Å². The summed E-state index contributed by atoms with van der Waals surface area (Å²) < 4.78 is 10.9. The van der Waals surface area contributed by atoms with Crippen molar-refractivity contribution in [1.82, 2.24) is 15.5 Å². The molecule has 5 nitrogen and oxygen atoms in total. The lowest BCUT2D eigenvalue weighted by Crippen LogP contribution is -2.28. The quantitative estimate of drug-likeness (QED) is 0.901. The Morgan fingerprint density at radius 3 is 3.00 bits per heavy atom. The van der Waals surface area contributed by atoms with Gasteiger partial charge in [-0.05, 0) is 37.9 Å². The van der Waals surface area contributed by atoms with Gasteiger partial charge in [-0.3, -0.25) is 0 Å². The van der Waals surface area contributed by atoms with E-state index in [2.05, 4.69) is 22.4 Å². The summed E-state index contributed by atoms with van der Waals surface area (Å²) in [7, 11) is 0. The molecule has 0 bridgehead atoms. The summed E-state index contributed by atoms with van der Waals surface area (Å²) in [6.45, 7) is 6.05. The van der Waals surface area contributed by atoms with Crippen LogP contribution >= 0.6 is 0 Å². The van der Waals surface area contributed by atoms with E-state index < -0.39 is 0 Å². The number of furan rings is 1. The number of aryl methyl sites for hydroxylation is 1.